The molecule has 186 valence electrons. The first-order valence-corrected chi connectivity index (χ1v) is 12.3. The fourth-order valence-corrected chi connectivity index (χ4v) is 5.43. The summed E-state index contributed by atoms with van der Waals surface area (Å²) < 4.78 is 0. The summed E-state index contributed by atoms with van der Waals surface area (Å²) >= 11 is 1.59. The normalized spacial score (nSPS) is 17.2. The number of carbonyl (C=O) groups is 1. The van der Waals surface area contributed by atoms with Crippen molar-refractivity contribution in [3.8, 4) is 5.75 Å². The third-order valence-electron chi connectivity index (χ3n) is 6.78. The second-order valence-corrected chi connectivity index (χ2v) is 12.0. The summed E-state index contributed by atoms with van der Waals surface area (Å²) in [4.78, 5) is 49.2. The van der Waals surface area contributed by atoms with Gasteiger partial charge in [-0.2, -0.15) is 0 Å². The number of aromatic hydroxyl groups is 1. The summed E-state index contributed by atoms with van der Waals surface area (Å²) in [6, 6.07) is 1.27. The van der Waals surface area contributed by atoms with Gasteiger partial charge < -0.3 is 20.6 Å². The number of thiazole rings is 1. The number of nitrogens with zero attached hydrogens (tertiary/aromatic N) is 3. The summed E-state index contributed by atoms with van der Waals surface area (Å²) in [5.74, 6) is -0.843. The lowest BCUT2D eigenvalue weighted by Crippen LogP contribution is -2.43. The topological polar surface area (TPSA) is 125 Å². The molecule has 4 rings (SSSR count). The molecule has 1 aromatic carbocycles. The molecule has 2 aromatic heterocycles. The Morgan fingerprint density at radius 3 is 2.54 bits per heavy atom. The smallest absolute Gasteiger partial charge is 0.276 e. The molecule has 1 aliphatic rings. The molecule has 0 aliphatic heterocycles. The van der Waals surface area contributed by atoms with Crippen LogP contribution in [0.15, 0.2) is 21.9 Å². The van der Waals surface area contributed by atoms with E-state index in [0.717, 1.165) is 28.4 Å². The van der Waals surface area contributed by atoms with Crippen molar-refractivity contribution >= 4 is 34.3 Å². The van der Waals surface area contributed by atoms with Crippen LogP contribution in [-0.4, -0.2) is 38.5 Å². The number of hydrogen-bond acceptors (Lipinski definition) is 9. The van der Waals surface area contributed by atoms with Crippen molar-refractivity contribution < 1.29 is 9.90 Å². The van der Waals surface area contributed by atoms with Gasteiger partial charge in [0.15, 0.2) is 11.4 Å². The van der Waals surface area contributed by atoms with Gasteiger partial charge in [0.2, 0.25) is 0 Å². The Morgan fingerprint density at radius 1 is 1.23 bits per heavy atom. The first-order chi connectivity index (χ1) is 16.2. The first-order valence-electron chi connectivity index (χ1n) is 11.5. The number of fused-ring (bicyclic) bond motifs is 1. The molecule has 1 amide bonds. The molecule has 2 heterocycles. The number of rotatable bonds is 5. The van der Waals surface area contributed by atoms with Gasteiger partial charge in [-0.25, -0.2) is 9.97 Å². The van der Waals surface area contributed by atoms with E-state index in [1.54, 1.807) is 18.4 Å². The molecule has 0 bridgehead atoms. The minimum Gasteiger partial charge on any atom is -0.504 e. The molecule has 10 heteroatoms. The van der Waals surface area contributed by atoms with Crippen LogP contribution in [0.1, 0.15) is 73.1 Å². The van der Waals surface area contributed by atoms with E-state index in [1.165, 1.54) is 17.2 Å². The number of amides is 1. The maximum atomic E-state index is 12.9. The van der Waals surface area contributed by atoms with E-state index in [9.17, 15) is 19.5 Å². The van der Waals surface area contributed by atoms with Crippen LogP contribution in [0.5, 0.6) is 5.75 Å². The lowest BCUT2D eigenvalue weighted by molar-refractivity contribution is 0.0646. The summed E-state index contributed by atoms with van der Waals surface area (Å²) in [6.45, 7) is 11.8. The lowest BCUT2D eigenvalue weighted by atomic mass is 9.74. The third-order valence-corrected chi connectivity index (χ3v) is 7.86. The van der Waals surface area contributed by atoms with Gasteiger partial charge in [0.05, 0.1) is 27.3 Å². The summed E-state index contributed by atoms with van der Waals surface area (Å²) in [5, 5.41) is 17.9. The highest BCUT2D eigenvalue weighted by Gasteiger charge is 2.40. The van der Waals surface area contributed by atoms with Gasteiger partial charge in [0, 0.05) is 18.8 Å². The molecule has 1 unspecified atom stereocenters. The van der Waals surface area contributed by atoms with Crippen LogP contribution in [0.4, 0.5) is 17.1 Å². The number of pyridine rings is 1. The fraction of sp³-hybridized carbons (Fsp3) is 0.480. The number of hydrogen-bond donors (Lipinski definition) is 3. The van der Waals surface area contributed by atoms with Gasteiger partial charge in [-0.3, -0.25) is 14.4 Å². The van der Waals surface area contributed by atoms with Crippen LogP contribution in [0.2, 0.25) is 0 Å². The highest BCUT2D eigenvalue weighted by Crippen LogP contribution is 2.47. The summed E-state index contributed by atoms with van der Waals surface area (Å²) in [5.41, 5.74) is -0.713. The Bertz CT molecular complexity index is 1380. The maximum absolute atomic E-state index is 12.9. The fourth-order valence-electron chi connectivity index (χ4n) is 4.19. The van der Waals surface area contributed by atoms with Crippen molar-refractivity contribution in [3.63, 3.8) is 0 Å². The van der Waals surface area contributed by atoms with Gasteiger partial charge in [0.1, 0.15) is 11.4 Å². The molecular formula is C25H31N5O4S. The lowest BCUT2D eigenvalue weighted by Gasteiger charge is -2.39. The van der Waals surface area contributed by atoms with Crippen molar-refractivity contribution in [1.82, 2.24) is 14.9 Å². The molecule has 9 nitrogen and oxygen atoms in total. The molecule has 3 aromatic rings. The van der Waals surface area contributed by atoms with E-state index in [4.69, 9.17) is 0 Å². The molecule has 0 saturated heterocycles. The van der Waals surface area contributed by atoms with Gasteiger partial charge in [-0.05, 0) is 52.0 Å². The average Bonchev–Trinajstić information content (AvgIpc) is 3.16. The van der Waals surface area contributed by atoms with Crippen molar-refractivity contribution in [2.75, 3.05) is 17.7 Å². The SMILES string of the molecule is Cc1nc2c(s1)C(Nc1c(Nc3ccnc(C(=O)N(C)C(C)(C)C)c3O)c(=O)c1=O)C(C)(C)CC2. The zero-order valence-electron chi connectivity index (χ0n) is 21.1. The Kier molecular flexibility index (Phi) is 5.99. The quantitative estimate of drug-likeness (QED) is 0.454. The van der Waals surface area contributed by atoms with E-state index >= 15 is 0 Å². The Hall–Kier alpha value is -3.27. The van der Waals surface area contributed by atoms with Gasteiger partial charge in [-0.15, -0.1) is 11.3 Å². The van der Waals surface area contributed by atoms with Gasteiger partial charge in [0.25, 0.3) is 16.8 Å². The Balaban J connectivity index is 1.66. The molecule has 0 saturated carbocycles. The number of carbonyl (C=O) groups excluding carboxylic acids is 1. The average molecular weight is 498 g/mol. The molecule has 1 aliphatic carbocycles. The zero-order valence-corrected chi connectivity index (χ0v) is 21.9. The first kappa shape index (κ1) is 24.8. The van der Waals surface area contributed by atoms with Crippen molar-refractivity contribution in [2.45, 2.75) is 66.0 Å². The predicted octanol–water partition coefficient (Wildman–Crippen LogP) is 3.89. The van der Waals surface area contributed by atoms with Gasteiger partial charge >= 0.3 is 0 Å². The molecule has 0 spiro atoms. The van der Waals surface area contributed by atoms with Crippen LogP contribution < -0.4 is 21.5 Å². The van der Waals surface area contributed by atoms with Crippen molar-refractivity contribution in [2.24, 2.45) is 5.41 Å². The van der Waals surface area contributed by atoms with Crippen LogP contribution in [0.25, 0.3) is 0 Å². The summed E-state index contributed by atoms with van der Waals surface area (Å²) in [7, 11) is 1.63. The van der Waals surface area contributed by atoms with E-state index in [2.05, 4.69) is 34.4 Å². The number of aryl methyl sites for hydroxylation is 2. The maximum Gasteiger partial charge on any atom is 0.276 e. The van der Waals surface area contributed by atoms with Crippen LogP contribution in [-0.2, 0) is 6.42 Å². The molecular weight excluding hydrogens is 466 g/mol. The van der Waals surface area contributed by atoms with E-state index in [-0.39, 0.29) is 40.0 Å². The molecule has 35 heavy (non-hydrogen) atoms. The third kappa shape index (κ3) is 4.31. The second kappa shape index (κ2) is 8.44. The van der Waals surface area contributed by atoms with Crippen molar-refractivity contribution in [3.05, 3.63) is 54.0 Å². The molecule has 3 N–H and O–H groups in total. The Labute approximate surface area is 207 Å². The van der Waals surface area contributed by atoms with Crippen molar-refractivity contribution in [1.29, 1.82) is 0 Å². The minimum atomic E-state index is -0.683. The number of anilines is 3. The number of nitrogens with one attached hydrogen (secondary N) is 2. The molecule has 0 radical (unpaired) electrons. The zero-order chi connectivity index (χ0) is 25.9. The number of aromatic nitrogens is 2. The molecule has 0 fully saturated rings. The van der Waals surface area contributed by atoms with Crippen LogP contribution >= 0.6 is 11.3 Å². The van der Waals surface area contributed by atoms with Gasteiger partial charge in [-0.1, -0.05) is 13.8 Å². The van der Waals surface area contributed by atoms with Crippen LogP contribution in [0.3, 0.4) is 0 Å². The highest BCUT2D eigenvalue weighted by molar-refractivity contribution is 7.11. The standard InChI is InChI=1S/C25H31N5O4S/c1-12-27-14-8-10-25(5,6)22(21(14)35-12)29-16-15(19(32)20(16)33)28-13-9-11-26-17(18(13)31)23(34)30(7)24(2,3)4/h9,11,22,29,31H,8,10H2,1-7H3,(H,26,28). The second-order valence-electron chi connectivity index (χ2n) is 10.7. The molecule has 1 atom stereocenters. The van der Waals surface area contributed by atoms with E-state index in [1.807, 2.05) is 27.7 Å². The Morgan fingerprint density at radius 2 is 1.89 bits per heavy atom. The van der Waals surface area contributed by atoms with E-state index < -0.39 is 22.3 Å². The largest absolute Gasteiger partial charge is 0.504 e. The van der Waals surface area contributed by atoms with Crippen LogP contribution in [0, 0.1) is 12.3 Å². The monoisotopic (exact) mass is 497 g/mol. The highest BCUT2D eigenvalue weighted by atomic mass is 32.1. The predicted molar refractivity (Wildman–Crippen MR) is 138 cm³/mol. The minimum absolute atomic E-state index is 0.0586. The van der Waals surface area contributed by atoms with E-state index in [0.29, 0.717) is 0 Å². The summed E-state index contributed by atoms with van der Waals surface area (Å²) in [6.07, 6.45) is 3.13.